The Morgan fingerprint density at radius 1 is 1.09 bits per heavy atom. The number of allylic oxidation sites excluding steroid dienone is 1. The van der Waals surface area contributed by atoms with E-state index in [-0.39, 0.29) is 55.5 Å². The molecule has 2 saturated heterocycles. The maximum Gasteiger partial charge on any atom is 0.324 e. The summed E-state index contributed by atoms with van der Waals surface area (Å²) in [6, 6.07) is 3.69. The second-order valence-electron chi connectivity index (χ2n) is 20.7. The predicted molar refractivity (Wildman–Crippen MR) is 261 cm³/mol. The topological polar surface area (TPSA) is 190 Å². The molecular weight excluding hydrogens is 883 g/mol. The highest BCUT2D eigenvalue weighted by Gasteiger charge is 2.52. The molecule has 3 N–H and O–H groups in total. The van der Waals surface area contributed by atoms with Crippen LogP contribution in [0.5, 0.6) is 0 Å². The number of carbonyl (C=O) groups is 5. The molecule has 4 aliphatic heterocycles. The minimum atomic E-state index is -1.07. The molecule has 6 heterocycles. The van der Waals surface area contributed by atoms with E-state index < -0.39 is 41.3 Å². The largest absolute Gasteiger partial charge is 0.464 e. The minimum Gasteiger partial charge on any atom is -0.464 e. The van der Waals surface area contributed by atoms with E-state index in [1.165, 1.54) is 26.1 Å². The van der Waals surface area contributed by atoms with Crippen LogP contribution >= 0.6 is 11.3 Å². The van der Waals surface area contributed by atoms with Gasteiger partial charge in [0.2, 0.25) is 17.7 Å². The number of hydrogen-bond donors (Lipinski definition) is 3. The van der Waals surface area contributed by atoms with Gasteiger partial charge in [-0.1, -0.05) is 32.8 Å². The lowest BCUT2D eigenvalue weighted by molar-refractivity contribution is -0.155. The van der Waals surface area contributed by atoms with Crippen LogP contribution in [0.1, 0.15) is 108 Å². The SMILES string of the molecule is CCn1c(C2=C([C@H](C)OC)N=CCC2)c2c3cc(ccc31)-c1csc(n1)C[C@H](NC(=O)[C@H](C1CCCC1)N(C)C(=O)CN(C)C(=O)[C@@H]1N[C@@H]1C1CC1)C(=O)N1CCC[C@H](N1)C(=O)OCC(C)(C)C2. The molecule has 0 spiro atoms. The Hall–Kier alpha value is -4.97. The fourth-order valence-electron chi connectivity index (χ4n) is 11.1. The third-order valence-electron chi connectivity index (χ3n) is 15.1. The van der Waals surface area contributed by atoms with E-state index in [2.05, 4.69) is 59.6 Å². The Kier molecular flexibility index (Phi) is 14.0. The van der Waals surface area contributed by atoms with Gasteiger partial charge in [-0.15, -0.1) is 11.3 Å². The highest BCUT2D eigenvalue weighted by molar-refractivity contribution is 7.10. The number of fused-ring (bicyclic) bond motifs is 6. The zero-order valence-electron chi connectivity index (χ0n) is 40.8. The molecule has 4 fully saturated rings. The molecule has 2 aromatic heterocycles. The molecule has 3 aromatic rings. The van der Waals surface area contributed by atoms with Crippen LogP contribution in [0.25, 0.3) is 27.7 Å². The number of hydrogen-bond acceptors (Lipinski definition) is 12. The van der Waals surface area contributed by atoms with Crippen LogP contribution in [0.4, 0.5) is 0 Å². The quantitative estimate of drug-likeness (QED) is 0.159. The van der Waals surface area contributed by atoms with Gasteiger partial charge in [0.1, 0.15) is 24.2 Å². The summed E-state index contributed by atoms with van der Waals surface area (Å²) in [6.45, 7) is 9.49. The first-order valence-corrected chi connectivity index (χ1v) is 25.7. The molecule has 6 aliphatic rings. The molecule has 1 aromatic carbocycles. The number of benzene rings is 1. The number of aryl methyl sites for hydroxylation is 1. The van der Waals surface area contributed by atoms with Crippen LogP contribution in [-0.4, -0.2) is 137 Å². The third-order valence-corrected chi connectivity index (χ3v) is 16.0. The molecule has 9 rings (SSSR count). The summed E-state index contributed by atoms with van der Waals surface area (Å²) in [5, 5.41) is 11.6. The van der Waals surface area contributed by atoms with Crippen LogP contribution in [0, 0.1) is 17.3 Å². The van der Waals surface area contributed by atoms with Crippen molar-refractivity contribution in [3.63, 3.8) is 0 Å². The molecule has 16 nitrogen and oxygen atoms in total. The first-order chi connectivity index (χ1) is 32.7. The maximum atomic E-state index is 14.8. The first kappa shape index (κ1) is 48.1. The van der Waals surface area contributed by atoms with Gasteiger partial charge < -0.3 is 29.2 Å². The molecule has 0 unspecified atom stereocenters. The number of ether oxygens (including phenoxy) is 2. The highest BCUT2D eigenvalue weighted by Crippen LogP contribution is 2.43. The first-order valence-electron chi connectivity index (χ1n) is 24.9. The number of aromatic nitrogens is 2. The van der Waals surface area contributed by atoms with Crippen molar-refractivity contribution in [1.82, 2.24) is 40.4 Å². The lowest BCUT2D eigenvalue weighted by atomic mass is 9.83. The van der Waals surface area contributed by atoms with E-state index in [1.807, 2.05) is 18.5 Å². The second-order valence-corrected chi connectivity index (χ2v) is 21.7. The van der Waals surface area contributed by atoms with Crippen LogP contribution in [0.2, 0.25) is 0 Å². The summed E-state index contributed by atoms with van der Waals surface area (Å²) in [7, 11) is 4.98. The molecule has 366 valence electrons. The summed E-state index contributed by atoms with van der Waals surface area (Å²) in [4.78, 5) is 83.7. The summed E-state index contributed by atoms with van der Waals surface area (Å²) in [5.41, 5.74) is 9.84. The summed E-state index contributed by atoms with van der Waals surface area (Å²) in [6.07, 6.45) is 10.8. The summed E-state index contributed by atoms with van der Waals surface area (Å²) in [5.74, 6) is -1.30. The van der Waals surface area contributed by atoms with Crippen molar-refractivity contribution >= 4 is 63.6 Å². The van der Waals surface area contributed by atoms with Gasteiger partial charge in [0.15, 0.2) is 0 Å². The van der Waals surface area contributed by atoms with Crippen molar-refractivity contribution in [1.29, 1.82) is 0 Å². The van der Waals surface area contributed by atoms with E-state index in [1.54, 1.807) is 21.2 Å². The van der Waals surface area contributed by atoms with Gasteiger partial charge in [-0.25, -0.2) is 10.4 Å². The molecule has 68 heavy (non-hydrogen) atoms. The van der Waals surface area contributed by atoms with Crippen molar-refractivity contribution in [3.05, 3.63) is 45.5 Å². The van der Waals surface area contributed by atoms with Gasteiger partial charge in [-0.3, -0.25) is 39.3 Å². The number of methoxy groups -OCH3 is 1. The van der Waals surface area contributed by atoms with E-state index in [9.17, 15) is 24.0 Å². The summed E-state index contributed by atoms with van der Waals surface area (Å²) < 4.78 is 14.4. The molecule has 0 radical (unpaired) electrons. The number of cyclic esters (lactones) is 1. The van der Waals surface area contributed by atoms with E-state index in [0.29, 0.717) is 36.7 Å². The minimum absolute atomic E-state index is 0.0958. The molecular formula is C51H69N9O7S. The van der Waals surface area contributed by atoms with Crippen molar-refractivity contribution in [2.45, 2.75) is 148 Å². The number of hydrazine groups is 1. The van der Waals surface area contributed by atoms with Crippen LogP contribution in [-0.2, 0) is 52.8 Å². The van der Waals surface area contributed by atoms with E-state index in [0.717, 1.165) is 103 Å². The van der Waals surface area contributed by atoms with Gasteiger partial charge in [-0.05, 0) is 101 Å². The van der Waals surface area contributed by atoms with Crippen LogP contribution in [0.15, 0.2) is 34.3 Å². The Morgan fingerprint density at radius 2 is 1.87 bits per heavy atom. The normalized spacial score (nSPS) is 25.2. The molecule has 17 heteroatoms. The lowest BCUT2D eigenvalue weighted by Crippen LogP contribution is -2.62. The number of likely N-dealkylation sites (N-methyl/N-ethyl adjacent to an activating group) is 2. The standard InChI is InChI=1S/C51H69N9O7S/c1-8-59-39-20-19-32-23-34(39)35(46(59)33-15-11-21-52-42(33)29(2)66-7)25-51(3,4)28-67-50(65)36-16-12-22-60(56-36)48(63)37(24-40-53-38(32)27-68-40)54-47(62)45(31-13-9-10-14-31)58(6)41(61)26-57(5)49(64)44-43(55-44)30-17-18-30/h19-21,23,27,29-31,36-37,43-45,55-56H,8-18,22,24-26,28H2,1-7H3,(H,54,62)/t29-,36-,37-,43+,44+,45-/m0/s1. The highest BCUT2D eigenvalue weighted by atomic mass is 32.1. The monoisotopic (exact) mass is 952 g/mol. The summed E-state index contributed by atoms with van der Waals surface area (Å²) >= 11 is 1.43. The Bertz CT molecular complexity index is 2500. The number of aliphatic imine (C=N–C) groups is 1. The Balaban J connectivity index is 1.05. The second kappa shape index (κ2) is 19.8. The number of nitrogens with one attached hydrogen (secondary N) is 3. The fraction of sp³-hybridized carbons (Fsp3) is 0.627. The van der Waals surface area contributed by atoms with Gasteiger partial charge in [0.05, 0.1) is 41.3 Å². The average Bonchev–Trinajstić information content (AvgIpc) is 4.20. The van der Waals surface area contributed by atoms with Crippen molar-refractivity contribution in [2.24, 2.45) is 22.2 Å². The number of esters is 1. The fourth-order valence-corrected chi connectivity index (χ4v) is 11.9. The van der Waals surface area contributed by atoms with Gasteiger partial charge in [-0.2, -0.15) is 0 Å². The maximum absolute atomic E-state index is 14.8. The zero-order valence-corrected chi connectivity index (χ0v) is 41.6. The Labute approximate surface area is 403 Å². The number of rotatable bonds is 12. The van der Waals surface area contributed by atoms with Gasteiger partial charge in [0, 0.05) is 85.8 Å². The molecule has 2 aliphatic carbocycles. The smallest absolute Gasteiger partial charge is 0.324 e. The van der Waals surface area contributed by atoms with Crippen LogP contribution < -0.4 is 16.1 Å². The Morgan fingerprint density at radius 3 is 2.60 bits per heavy atom. The zero-order chi connectivity index (χ0) is 48.0. The third kappa shape index (κ3) is 9.90. The van der Waals surface area contributed by atoms with E-state index >= 15 is 0 Å². The molecule has 6 bridgehead atoms. The van der Waals surface area contributed by atoms with Crippen molar-refractivity contribution in [3.8, 4) is 11.3 Å². The number of nitrogens with zero attached hydrogens (tertiary/aromatic N) is 6. The number of amides is 4. The number of carbonyl (C=O) groups excluding carboxylic acids is 5. The van der Waals surface area contributed by atoms with Crippen molar-refractivity contribution < 1.29 is 33.4 Å². The van der Waals surface area contributed by atoms with Crippen molar-refractivity contribution in [2.75, 3.05) is 40.9 Å². The van der Waals surface area contributed by atoms with Gasteiger partial charge >= 0.3 is 5.97 Å². The van der Waals surface area contributed by atoms with Gasteiger partial charge in [0.25, 0.3) is 5.91 Å². The molecule has 6 atom stereocenters. The molecule has 4 amide bonds. The number of thiazole rings is 1. The van der Waals surface area contributed by atoms with Crippen LogP contribution in [0.3, 0.4) is 0 Å². The molecule has 2 saturated carbocycles. The van der Waals surface area contributed by atoms with E-state index in [4.69, 9.17) is 19.5 Å². The predicted octanol–water partition coefficient (Wildman–Crippen LogP) is 5.27. The average molecular weight is 952 g/mol. The lowest BCUT2D eigenvalue weighted by Gasteiger charge is -2.37.